The summed E-state index contributed by atoms with van der Waals surface area (Å²) in [5.74, 6) is 0.325. The lowest BCUT2D eigenvalue weighted by atomic mass is 9.76. The number of halogens is 2. The van der Waals surface area contributed by atoms with Gasteiger partial charge >= 0.3 is 0 Å². The number of benzene rings is 2. The van der Waals surface area contributed by atoms with Gasteiger partial charge in [-0.05, 0) is 62.1 Å². The minimum absolute atomic E-state index is 0.00516. The van der Waals surface area contributed by atoms with Gasteiger partial charge in [-0.3, -0.25) is 4.72 Å². The Morgan fingerprint density at radius 1 is 1.19 bits per heavy atom. The number of ether oxygens (including phenoxy) is 1. The zero-order chi connectivity index (χ0) is 25.5. The van der Waals surface area contributed by atoms with E-state index in [-0.39, 0.29) is 21.5 Å². The van der Waals surface area contributed by atoms with Crippen molar-refractivity contribution in [3.8, 4) is 5.75 Å². The zero-order valence-electron chi connectivity index (χ0n) is 19.9. The largest absolute Gasteiger partial charge is 0.487 e. The summed E-state index contributed by atoms with van der Waals surface area (Å²) in [7, 11) is -3.86. The number of thiazole rings is 1. The molecule has 2 aliphatic heterocycles. The highest BCUT2D eigenvalue weighted by Gasteiger charge is 2.37. The number of nitrogens with zero attached hydrogens (tertiary/aromatic N) is 1. The molecule has 190 valence electrons. The highest BCUT2D eigenvalue weighted by atomic mass is 32.2. The second-order valence-corrected chi connectivity index (χ2v) is 12.2. The maximum atomic E-state index is 13.6. The Bertz CT molecular complexity index is 1400. The lowest BCUT2D eigenvalue weighted by Gasteiger charge is -2.39. The van der Waals surface area contributed by atoms with Crippen molar-refractivity contribution in [2.75, 3.05) is 17.8 Å². The van der Waals surface area contributed by atoms with Gasteiger partial charge in [0.25, 0.3) is 16.4 Å². The summed E-state index contributed by atoms with van der Waals surface area (Å²) in [5.41, 5.74) is 3.05. The van der Waals surface area contributed by atoms with Crippen molar-refractivity contribution in [2.45, 2.75) is 49.5 Å². The molecule has 0 saturated carbocycles. The fourth-order valence-corrected chi connectivity index (χ4v) is 6.69. The van der Waals surface area contributed by atoms with E-state index in [0.717, 1.165) is 35.2 Å². The number of aromatic nitrogens is 1. The molecular formula is C26H27F2N3O3S2. The van der Waals surface area contributed by atoms with Crippen molar-refractivity contribution in [3.05, 3.63) is 76.3 Å². The van der Waals surface area contributed by atoms with Gasteiger partial charge in [0.2, 0.25) is 0 Å². The monoisotopic (exact) mass is 531 g/mol. The van der Waals surface area contributed by atoms with E-state index in [0.29, 0.717) is 18.7 Å². The molecule has 0 aliphatic carbocycles. The van der Waals surface area contributed by atoms with Crippen molar-refractivity contribution < 1.29 is 21.9 Å². The maximum Gasteiger partial charge on any atom is 0.263 e. The molecule has 2 aromatic carbocycles. The third-order valence-corrected chi connectivity index (χ3v) is 8.68. The molecule has 36 heavy (non-hydrogen) atoms. The zero-order valence-corrected chi connectivity index (χ0v) is 21.6. The lowest BCUT2D eigenvalue weighted by Crippen LogP contribution is -2.35. The van der Waals surface area contributed by atoms with Crippen LogP contribution in [0.2, 0.25) is 0 Å². The van der Waals surface area contributed by atoms with E-state index in [4.69, 9.17) is 4.74 Å². The van der Waals surface area contributed by atoms with Crippen LogP contribution in [0.5, 0.6) is 5.75 Å². The first-order valence-electron chi connectivity index (χ1n) is 11.7. The normalized spacial score (nSPS) is 19.4. The second kappa shape index (κ2) is 9.57. The van der Waals surface area contributed by atoms with Crippen LogP contribution in [0, 0.1) is 0 Å². The Labute approximate surface area is 213 Å². The second-order valence-electron chi connectivity index (χ2n) is 9.59. The van der Waals surface area contributed by atoms with E-state index in [2.05, 4.69) is 21.1 Å². The molecule has 1 unspecified atom stereocenters. The van der Waals surface area contributed by atoms with Crippen molar-refractivity contribution in [1.29, 1.82) is 0 Å². The Kier molecular flexibility index (Phi) is 6.61. The molecule has 0 amide bonds. The molecule has 0 spiro atoms. The Balaban J connectivity index is 1.59. The third-order valence-electron chi connectivity index (χ3n) is 6.52. The predicted molar refractivity (Wildman–Crippen MR) is 137 cm³/mol. The summed E-state index contributed by atoms with van der Waals surface area (Å²) in [6.45, 7) is 5.38. The minimum atomic E-state index is -3.86. The van der Waals surface area contributed by atoms with E-state index in [1.807, 2.05) is 13.8 Å². The number of anilines is 1. The molecule has 5 rings (SSSR count). The van der Waals surface area contributed by atoms with Gasteiger partial charge in [-0.25, -0.2) is 22.2 Å². The van der Waals surface area contributed by atoms with Crippen LogP contribution in [0.25, 0.3) is 5.57 Å². The van der Waals surface area contributed by atoms with E-state index < -0.39 is 22.0 Å². The average Bonchev–Trinajstić information content (AvgIpc) is 3.35. The minimum Gasteiger partial charge on any atom is -0.487 e. The van der Waals surface area contributed by atoms with Crippen LogP contribution in [0.15, 0.2) is 58.9 Å². The number of nitrogens with one attached hydrogen (secondary N) is 2. The van der Waals surface area contributed by atoms with Crippen LogP contribution in [0.4, 0.5) is 13.9 Å². The third kappa shape index (κ3) is 5.02. The van der Waals surface area contributed by atoms with E-state index in [1.54, 1.807) is 29.6 Å². The molecule has 2 aliphatic rings. The molecule has 1 atom stereocenters. The van der Waals surface area contributed by atoms with Crippen molar-refractivity contribution in [2.24, 2.45) is 0 Å². The topological polar surface area (TPSA) is 80.3 Å². The molecule has 3 aromatic rings. The first-order chi connectivity index (χ1) is 17.1. The number of rotatable bonds is 6. The van der Waals surface area contributed by atoms with E-state index in [9.17, 15) is 17.2 Å². The standard InChI is InChI=1S/C26H27F2N3O3S2/c1-26(2)15-22(19-5-3-17(24(27)28)13-21(19)16-7-9-29-10-8-16)20-6-4-18(14-23(20)34-26)36(32,33)31-25-30-11-12-35-25/h3-7,11-14,22,24,29H,8-10,15H2,1-2H3,(H,30,31). The van der Waals surface area contributed by atoms with Crippen LogP contribution >= 0.6 is 11.3 Å². The van der Waals surface area contributed by atoms with Crippen LogP contribution < -0.4 is 14.8 Å². The highest BCUT2D eigenvalue weighted by Crippen LogP contribution is 2.47. The smallest absolute Gasteiger partial charge is 0.263 e. The number of sulfonamides is 1. The summed E-state index contributed by atoms with van der Waals surface area (Å²) < 4.78 is 61.9. The van der Waals surface area contributed by atoms with Crippen molar-refractivity contribution in [3.63, 3.8) is 0 Å². The molecule has 0 radical (unpaired) electrons. The van der Waals surface area contributed by atoms with Gasteiger partial charge in [-0.1, -0.05) is 24.3 Å². The summed E-state index contributed by atoms with van der Waals surface area (Å²) in [6.07, 6.45) is 2.40. The van der Waals surface area contributed by atoms with Crippen LogP contribution in [0.1, 0.15) is 61.3 Å². The number of hydrogen-bond acceptors (Lipinski definition) is 6. The Morgan fingerprint density at radius 3 is 2.69 bits per heavy atom. The van der Waals surface area contributed by atoms with Gasteiger partial charge in [-0.15, -0.1) is 11.3 Å². The van der Waals surface area contributed by atoms with Gasteiger partial charge < -0.3 is 10.1 Å². The summed E-state index contributed by atoms with van der Waals surface area (Å²) in [4.78, 5) is 4.07. The van der Waals surface area contributed by atoms with Crippen molar-refractivity contribution in [1.82, 2.24) is 10.3 Å². The molecule has 10 heteroatoms. The molecule has 2 N–H and O–H groups in total. The fourth-order valence-electron chi connectivity index (χ4n) is 4.88. The van der Waals surface area contributed by atoms with Crippen LogP contribution in [-0.2, 0) is 10.0 Å². The first-order valence-corrected chi connectivity index (χ1v) is 14.1. The van der Waals surface area contributed by atoms with Gasteiger partial charge in [-0.2, -0.15) is 0 Å². The molecule has 0 saturated heterocycles. The Hall–Kier alpha value is -2.82. The lowest BCUT2D eigenvalue weighted by molar-refractivity contribution is 0.0770. The van der Waals surface area contributed by atoms with Gasteiger partial charge in [0, 0.05) is 41.2 Å². The first kappa shape index (κ1) is 24.9. The quantitative estimate of drug-likeness (QED) is 0.411. The molecule has 0 fully saturated rings. The highest BCUT2D eigenvalue weighted by molar-refractivity contribution is 7.93. The molecular weight excluding hydrogens is 504 g/mol. The summed E-state index contributed by atoms with van der Waals surface area (Å²) in [5, 5.41) is 5.25. The molecule has 3 heterocycles. The summed E-state index contributed by atoms with van der Waals surface area (Å²) >= 11 is 1.19. The van der Waals surface area contributed by atoms with Crippen LogP contribution in [-0.4, -0.2) is 32.1 Å². The number of fused-ring (bicyclic) bond motifs is 1. The van der Waals surface area contributed by atoms with E-state index in [1.165, 1.54) is 29.7 Å². The molecule has 1 aromatic heterocycles. The van der Waals surface area contributed by atoms with Crippen LogP contribution in [0.3, 0.4) is 0 Å². The van der Waals surface area contributed by atoms with Gasteiger partial charge in [0.05, 0.1) is 4.90 Å². The molecule has 6 nitrogen and oxygen atoms in total. The van der Waals surface area contributed by atoms with Gasteiger partial charge in [0.15, 0.2) is 5.13 Å². The van der Waals surface area contributed by atoms with E-state index >= 15 is 0 Å². The predicted octanol–water partition coefficient (Wildman–Crippen LogP) is 5.95. The maximum absolute atomic E-state index is 13.6. The number of hydrogen-bond donors (Lipinski definition) is 2. The van der Waals surface area contributed by atoms with Crippen molar-refractivity contribution >= 4 is 32.1 Å². The SMILES string of the molecule is CC1(C)CC(c2ccc(C(F)F)cc2C2=CCNCC2)c2ccc(S(=O)(=O)Nc3nccs3)cc2O1. The molecule has 0 bridgehead atoms. The summed E-state index contributed by atoms with van der Waals surface area (Å²) in [6, 6.07) is 9.76. The average molecular weight is 532 g/mol. The number of alkyl halides is 2. The fraction of sp³-hybridized carbons (Fsp3) is 0.346. The van der Waals surface area contributed by atoms with Gasteiger partial charge in [0.1, 0.15) is 11.4 Å². The Morgan fingerprint density at radius 2 is 2.00 bits per heavy atom.